The molecule has 0 aliphatic carbocycles. The minimum atomic E-state index is 0.787. The Kier molecular flexibility index (Phi) is 2.84. The Bertz CT molecular complexity index is 405. The van der Waals surface area contributed by atoms with Gasteiger partial charge in [-0.05, 0) is 24.4 Å². The first-order valence-electron chi connectivity index (χ1n) is 5.03. The van der Waals surface area contributed by atoms with E-state index in [0.29, 0.717) is 0 Å². The summed E-state index contributed by atoms with van der Waals surface area (Å²) >= 11 is 0. The van der Waals surface area contributed by atoms with Gasteiger partial charge >= 0.3 is 0 Å². The number of rotatable bonds is 4. The largest absolute Gasteiger partial charge is 0.380 e. The Morgan fingerprint density at radius 3 is 2.93 bits per heavy atom. The number of hydrogen-bond acceptors (Lipinski definition) is 1. The average Bonchev–Trinajstić information content (AvgIpc) is 2.63. The number of ether oxygens (including phenoxy) is 1. The van der Waals surface area contributed by atoms with Crippen molar-refractivity contribution >= 4 is 10.9 Å². The van der Waals surface area contributed by atoms with Crippen LogP contribution in [0, 0.1) is 0 Å². The Labute approximate surface area is 84.1 Å². The topological polar surface area (TPSA) is 14.2 Å². The normalized spacial score (nSPS) is 10.9. The zero-order valence-corrected chi connectivity index (χ0v) is 8.44. The summed E-state index contributed by atoms with van der Waals surface area (Å²) in [6.07, 6.45) is 2.11. The van der Waals surface area contributed by atoms with Crippen molar-refractivity contribution in [2.75, 3.05) is 13.2 Å². The van der Waals surface area contributed by atoms with Gasteiger partial charge in [-0.2, -0.15) is 0 Å². The number of para-hydroxylation sites is 1. The second kappa shape index (κ2) is 4.29. The van der Waals surface area contributed by atoms with E-state index in [-0.39, 0.29) is 0 Å². The van der Waals surface area contributed by atoms with Crippen LogP contribution in [0.4, 0.5) is 0 Å². The molecular weight excluding hydrogens is 174 g/mol. The van der Waals surface area contributed by atoms with Gasteiger partial charge in [-0.1, -0.05) is 18.2 Å². The second-order valence-corrected chi connectivity index (χ2v) is 3.26. The standard InChI is InChI=1S/C12H15NO/c1-2-14-10-9-13-8-7-11-5-3-4-6-12(11)13/h3-8H,2,9-10H2,1H3. The lowest BCUT2D eigenvalue weighted by Crippen LogP contribution is -2.04. The third-order valence-electron chi connectivity index (χ3n) is 2.36. The van der Waals surface area contributed by atoms with E-state index < -0.39 is 0 Å². The van der Waals surface area contributed by atoms with Gasteiger partial charge in [-0.25, -0.2) is 0 Å². The molecule has 0 spiro atoms. The molecule has 2 heteroatoms. The summed E-state index contributed by atoms with van der Waals surface area (Å²) in [5.74, 6) is 0. The van der Waals surface area contributed by atoms with Gasteiger partial charge in [0.1, 0.15) is 0 Å². The van der Waals surface area contributed by atoms with Gasteiger partial charge in [0.25, 0.3) is 0 Å². The van der Waals surface area contributed by atoms with Gasteiger partial charge in [0, 0.05) is 24.9 Å². The van der Waals surface area contributed by atoms with Crippen LogP contribution in [-0.4, -0.2) is 17.8 Å². The number of benzene rings is 1. The molecule has 0 N–H and O–H groups in total. The van der Waals surface area contributed by atoms with E-state index in [4.69, 9.17) is 4.74 Å². The Morgan fingerprint density at radius 1 is 1.21 bits per heavy atom. The molecule has 0 saturated carbocycles. The lowest BCUT2D eigenvalue weighted by Gasteiger charge is -2.04. The minimum absolute atomic E-state index is 0.787. The average molecular weight is 189 g/mol. The molecule has 0 atom stereocenters. The molecule has 0 bridgehead atoms. The first-order valence-corrected chi connectivity index (χ1v) is 5.03. The number of nitrogens with zero attached hydrogens (tertiary/aromatic N) is 1. The summed E-state index contributed by atoms with van der Waals surface area (Å²) < 4.78 is 7.56. The molecule has 0 amide bonds. The van der Waals surface area contributed by atoms with Gasteiger partial charge < -0.3 is 9.30 Å². The summed E-state index contributed by atoms with van der Waals surface area (Å²) in [6.45, 7) is 4.53. The predicted octanol–water partition coefficient (Wildman–Crippen LogP) is 2.68. The van der Waals surface area contributed by atoms with E-state index in [2.05, 4.69) is 41.1 Å². The van der Waals surface area contributed by atoms with Crippen molar-refractivity contribution in [3.63, 3.8) is 0 Å². The maximum Gasteiger partial charge on any atom is 0.0645 e. The van der Waals surface area contributed by atoms with Crippen LogP contribution in [0.3, 0.4) is 0 Å². The van der Waals surface area contributed by atoms with Crippen LogP contribution in [0.5, 0.6) is 0 Å². The fourth-order valence-electron chi connectivity index (χ4n) is 1.64. The highest BCUT2D eigenvalue weighted by atomic mass is 16.5. The van der Waals surface area contributed by atoms with Crippen LogP contribution in [-0.2, 0) is 11.3 Å². The maximum atomic E-state index is 5.33. The highest BCUT2D eigenvalue weighted by Crippen LogP contribution is 2.14. The van der Waals surface area contributed by atoms with E-state index in [0.717, 1.165) is 19.8 Å². The number of fused-ring (bicyclic) bond motifs is 1. The van der Waals surface area contributed by atoms with Crippen LogP contribution >= 0.6 is 0 Å². The molecule has 0 aliphatic rings. The molecule has 0 aliphatic heterocycles. The zero-order chi connectivity index (χ0) is 9.80. The Balaban J connectivity index is 2.17. The molecule has 2 aromatic rings. The van der Waals surface area contributed by atoms with E-state index in [1.807, 2.05) is 6.92 Å². The van der Waals surface area contributed by atoms with Crippen molar-refractivity contribution in [3.05, 3.63) is 36.5 Å². The van der Waals surface area contributed by atoms with E-state index in [1.54, 1.807) is 0 Å². The summed E-state index contributed by atoms with van der Waals surface area (Å²) in [7, 11) is 0. The Hall–Kier alpha value is -1.28. The quantitative estimate of drug-likeness (QED) is 0.674. The molecule has 2 nitrogen and oxygen atoms in total. The SMILES string of the molecule is CCOCCn1ccc2ccccc21. The highest BCUT2D eigenvalue weighted by Gasteiger charge is 1.98. The monoisotopic (exact) mass is 189 g/mol. The smallest absolute Gasteiger partial charge is 0.0645 e. The van der Waals surface area contributed by atoms with Crippen molar-refractivity contribution in [2.45, 2.75) is 13.5 Å². The van der Waals surface area contributed by atoms with Crippen LogP contribution in [0.15, 0.2) is 36.5 Å². The van der Waals surface area contributed by atoms with E-state index >= 15 is 0 Å². The van der Waals surface area contributed by atoms with Crippen LogP contribution < -0.4 is 0 Å². The molecule has 0 radical (unpaired) electrons. The highest BCUT2D eigenvalue weighted by molar-refractivity contribution is 5.79. The van der Waals surface area contributed by atoms with E-state index in [9.17, 15) is 0 Å². The van der Waals surface area contributed by atoms with Gasteiger partial charge in [0.15, 0.2) is 0 Å². The molecule has 74 valence electrons. The molecule has 2 rings (SSSR count). The minimum Gasteiger partial charge on any atom is -0.380 e. The van der Waals surface area contributed by atoms with Gasteiger partial charge in [0.05, 0.1) is 6.61 Å². The number of aromatic nitrogens is 1. The molecule has 0 fully saturated rings. The fraction of sp³-hybridized carbons (Fsp3) is 0.333. The van der Waals surface area contributed by atoms with Crippen molar-refractivity contribution < 1.29 is 4.74 Å². The van der Waals surface area contributed by atoms with Crippen molar-refractivity contribution in [2.24, 2.45) is 0 Å². The zero-order valence-electron chi connectivity index (χ0n) is 8.44. The third kappa shape index (κ3) is 1.80. The summed E-state index contributed by atoms with van der Waals surface area (Å²) in [5.41, 5.74) is 1.28. The molecule has 1 aromatic heterocycles. The summed E-state index contributed by atoms with van der Waals surface area (Å²) in [5, 5.41) is 1.30. The molecule has 1 aromatic carbocycles. The summed E-state index contributed by atoms with van der Waals surface area (Å²) in [4.78, 5) is 0. The van der Waals surface area contributed by atoms with Gasteiger partial charge in [-0.3, -0.25) is 0 Å². The lowest BCUT2D eigenvalue weighted by molar-refractivity contribution is 0.140. The van der Waals surface area contributed by atoms with Crippen LogP contribution in [0.25, 0.3) is 10.9 Å². The third-order valence-corrected chi connectivity index (χ3v) is 2.36. The molecule has 14 heavy (non-hydrogen) atoms. The molecular formula is C12H15NO. The van der Waals surface area contributed by atoms with Crippen molar-refractivity contribution in [3.8, 4) is 0 Å². The first kappa shape index (κ1) is 9.28. The Morgan fingerprint density at radius 2 is 2.07 bits per heavy atom. The molecule has 0 unspecified atom stereocenters. The second-order valence-electron chi connectivity index (χ2n) is 3.26. The van der Waals surface area contributed by atoms with Crippen molar-refractivity contribution in [1.82, 2.24) is 4.57 Å². The van der Waals surface area contributed by atoms with Crippen LogP contribution in [0.2, 0.25) is 0 Å². The predicted molar refractivity (Wildman–Crippen MR) is 58.4 cm³/mol. The van der Waals surface area contributed by atoms with Crippen molar-refractivity contribution in [1.29, 1.82) is 0 Å². The molecule has 0 saturated heterocycles. The van der Waals surface area contributed by atoms with Gasteiger partial charge in [0.2, 0.25) is 0 Å². The molecule has 1 heterocycles. The van der Waals surface area contributed by atoms with E-state index in [1.165, 1.54) is 10.9 Å². The lowest BCUT2D eigenvalue weighted by atomic mass is 10.2. The van der Waals surface area contributed by atoms with Crippen LogP contribution in [0.1, 0.15) is 6.92 Å². The summed E-state index contributed by atoms with van der Waals surface area (Å²) in [6, 6.07) is 10.5. The number of hydrogen-bond donors (Lipinski definition) is 0. The first-order chi connectivity index (χ1) is 6.92. The maximum absolute atomic E-state index is 5.33. The van der Waals surface area contributed by atoms with Gasteiger partial charge in [-0.15, -0.1) is 0 Å². The fourth-order valence-corrected chi connectivity index (χ4v) is 1.64.